The number of rotatable bonds is 2. The molecule has 0 saturated heterocycles. The van der Waals surface area contributed by atoms with Crippen molar-refractivity contribution >= 4 is 22.6 Å². The van der Waals surface area contributed by atoms with Gasteiger partial charge in [0, 0.05) is 40.2 Å². The van der Waals surface area contributed by atoms with Crippen LogP contribution in [0.15, 0.2) is 35.4 Å². The van der Waals surface area contributed by atoms with Crippen LogP contribution in [0, 0.1) is 0 Å². The first-order valence-corrected chi connectivity index (χ1v) is 6.87. The summed E-state index contributed by atoms with van der Waals surface area (Å²) in [5, 5.41) is 0. The first kappa shape index (κ1) is 12.0. The average Bonchev–Trinajstić information content (AvgIpc) is 2.94. The van der Waals surface area contributed by atoms with Crippen LogP contribution in [0.25, 0.3) is 16.0 Å². The zero-order chi connectivity index (χ0) is 13.2. The number of pyridine rings is 1. The number of aromatic amines is 1. The maximum atomic E-state index is 11.1. The highest BCUT2D eigenvalue weighted by molar-refractivity contribution is 8.08. The third kappa shape index (κ3) is 2.39. The number of hydrogen-bond acceptors (Lipinski definition) is 5. The molecule has 0 bridgehead atoms. The van der Waals surface area contributed by atoms with Crippen LogP contribution in [0.4, 0.5) is 5.95 Å². The van der Waals surface area contributed by atoms with Crippen molar-refractivity contribution in [3.05, 3.63) is 46.7 Å². The number of allylic oxidation sites excluding steroid dienone is 1. The number of hydrogen-bond donors (Lipinski definition) is 2. The highest BCUT2D eigenvalue weighted by Crippen LogP contribution is 2.37. The van der Waals surface area contributed by atoms with E-state index in [4.69, 9.17) is 5.73 Å². The van der Waals surface area contributed by atoms with Crippen LogP contribution >= 0.6 is 11.8 Å². The SMILES string of the molecule is Nc1ncc(-c2ccc(=O)[nH]c2)c(C2=CCCS2)n1. The molecule has 0 aliphatic carbocycles. The maximum absolute atomic E-state index is 11.1. The molecule has 2 aromatic heterocycles. The predicted octanol–water partition coefficient (Wildman–Crippen LogP) is 1.89. The van der Waals surface area contributed by atoms with Gasteiger partial charge in [0.2, 0.25) is 11.5 Å². The van der Waals surface area contributed by atoms with Gasteiger partial charge >= 0.3 is 0 Å². The Kier molecular flexibility index (Phi) is 3.08. The number of thioether (sulfide) groups is 1. The zero-order valence-corrected chi connectivity index (χ0v) is 10.9. The van der Waals surface area contributed by atoms with Crippen LogP contribution in [0.1, 0.15) is 12.1 Å². The number of nitrogen functional groups attached to an aromatic ring is 1. The average molecular weight is 272 g/mol. The number of H-pyrrole nitrogens is 1. The van der Waals surface area contributed by atoms with E-state index in [9.17, 15) is 4.79 Å². The molecule has 3 N–H and O–H groups in total. The lowest BCUT2D eigenvalue weighted by Gasteiger charge is -2.09. The van der Waals surface area contributed by atoms with Gasteiger partial charge in [-0.15, -0.1) is 11.8 Å². The summed E-state index contributed by atoms with van der Waals surface area (Å²) in [5.74, 6) is 1.32. The molecule has 1 aliphatic rings. The number of anilines is 1. The Morgan fingerprint density at radius 2 is 2.26 bits per heavy atom. The second-order valence-electron chi connectivity index (χ2n) is 4.14. The summed E-state index contributed by atoms with van der Waals surface area (Å²) in [6, 6.07) is 3.25. The Morgan fingerprint density at radius 3 is 2.95 bits per heavy atom. The Morgan fingerprint density at radius 1 is 1.37 bits per heavy atom. The van der Waals surface area contributed by atoms with Gasteiger partial charge in [0.1, 0.15) is 0 Å². The molecule has 1 aliphatic heterocycles. The van der Waals surface area contributed by atoms with Crippen molar-refractivity contribution in [2.75, 3.05) is 11.5 Å². The van der Waals surface area contributed by atoms with E-state index < -0.39 is 0 Å². The molecule has 5 nitrogen and oxygen atoms in total. The fourth-order valence-corrected chi connectivity index (χ4v) is 2.94. The van der Waals surface area contributed by atoms with Crippen LogP contribution in [0.3, 0.4) is 0 Å². The van der Waals surface area contributed by atoms with Crippen LogP contribution in [0.2, 0.25) is 0 Å². The molecule has 2 aromatic rings. The third-order valence-corrected chi connectivity index (χ3v) is 3.95. The molecule has 3 heterocycles. The summed E-state index contributed by atoms with van der Waals surface area (Å²) in [6.07, 6.45) is 6.56. The van der Waals surface area contributed by atoms with E-state index in [-0.39, 0.29) is 11.5 Å². The van der Waals surface area contributed by atoms with Gasteiger partial charge in [-0.1, -0.05) is 6.08 Å². The smallest absolute Gasteiger partial charge is 0.247 e. The predicted molar refractivity (Wildman–Crippen MR) is 77.6 cm³/mol. The molecule has 0 amide bonds. The van der Waals surface area contributed by atoms with E-state index in [0.717, 1.165) is 33.9 Å². The van der Waals surface area contributed by atoms with Crippen molar-refractivity contribution in [2.24, 2.45) is 0 Å². The summed E-state index contributed by atoms with van der Waals surface area (Å²) in [7, 11) is 0. The minimum absolute atomic E-state index is 0.129. The molecule has 0 atom stereocenters. The summed E-state index contributed by atoms with van der Waals surface area (Å²) in [4.78, 5) is 23.3. The molecule has 3 rings (SSSR count). The molecule has 6 heteroatoms. The van der Waals surface area contributed by atoms with E-state index in [1.165, 1.54) is 6.07 Å². The summed E-state index contributed by atoms with van der Waals surface area (Å²) >= 11 is 1.76. The van der Waals surface area contributed by atoms with E-state index in [1.54, 1.807) is 30.2 Å². The molecular formula is C13H12N4OS. The van der Waals surface area contributed by atoms with Gasteiger partial charge in [0.15, 0.2) is 0 Å². The normalized spacial score (nSPS) is 14.4. The van der Waals surface area contributed by atoms with Crippen LogP contribution in [-0.2, 0) is 0 Å². The number of nitrogens with two attached hydrogens (primary N) is 1. The maximum Gasteiger partial charge on any atom is 0.247 e. The van der Waals surface area contributed by atoms with E-state index in [2.05, 4.69) is 21.0 Å². The van der Waals surface area contributed by atoms with Gasteiger partial charge in [-0.2, -0.15) is 0 Å². The Bertz CT molecular complexity index is 688. The first-order chi connectivity index (χ1) is 9.24. The summed E-state index contributed by atoms with van der Waals surface area (Å²) in [5.41, 5.74) is 8.15. The van der Waals surface area contributed by atoms with Gasteiger partial charge in [-0.05, 0) is 12.5 Å². The van der Waals surface area contributed by atoms with Gasteiger partial charge < -0.3 is 10.7 Å². The highest BCUT2D eigenvalue weighted by Gasteiger charge is 2.16. The van der Waals surface area contributed by atoms with E-state index in [1.807, 2.05) is 0 Å². The van der Waals surface area contributed by atoms with Crippen molar-refractivity contribution in [1.29, 1.82) is 0 Å². The van der Waals surface area contributed by atoms with Crippen LogP contribution in [0.5, 0.6) is 0 Å². The number of nitrogens with one attached hydrogen (secondary N) is 1. The standard InChI is InChI=1S/C13H12N4OS/c14-13-16-7-9(8-3-4-11(18)15-6-8)12(17-13)10-2-1-5-19-10/h2-4,6-7H,1,5H2,(H,15,18)(H2,14,16,17). The second-order valence-corrected chi connectivity index (χ2v) is 5.27. The van der Waals surface area contributed by atoms with Crippen molar-refractivity contribution in [2.45, 2.75) is 6.42 Å². The van der Waals surface area contributed by atoms with Crippen LogP contribution in [-0.4, -0.2) is 20.7 Å². The largest absolute Gasteiger partial charge is 0.368 e. The quantitative estimate of drug-likeness (QED) is 0.872. The molecule has 0 saturated carbocycles. The molecule has 0 aromatic carbocycles. The van der Waals surface area contributed by atoms with E-state index in [0.29, 0.717) is 0 Å². The van der Waals surface area contributed by atoms with Gasteiger partial charge in [-0.25, -0.2) is 9.97 Å². The Labute approximate surface area is 114 Å². The first-order valence-electron chi connectivity index (χ1n) is 5.89. The molecular weight excluding hydrogens is 260 g/mol. The topological polar surface area (TPSA) is 84.7 Å². The molecule has 96 valence electrons. The van der Waals surface area contributed by atoms with Gasteiger partial charge in [0.25, 0.3) is 0 Å². The van der Waals surface area contributed by atoms with Crippen LogP contribution < -0.4 is 11.3 Å². The second kappa shape index (κ2) is 4.89. The van der Waals surface area contributed by atoms with Crippen molar-refractivity contribution in [3.8, 4) is 11.1 Å². The Hall–Kier alpha value is -2.08. The molecule has 19 heavy (non-hydrogen) atoms. The lowest BCUT2D eigenvalue weighted by Crippen LogP contribution is -2.04. The number of aromatic nitrogens is 3. The molecule has 0 fully saturated rings. The summed E-state index contributed by atoms with van der Waals surface area (Å²) in [6.45, 7) is 0. The number of nitrogens with zero attached hydrogens (tertiary/aromatic N) is 2. The molecule has 0 unspecified atom stereocenters. The van der Waals surface area contributed by atoms with E-state index >= 15 is 0 Å². The lowest BCUT2D eigenvalue weighted by atomic mass is 10.1. The monoisotopic (exact) mass is 272 g/mol. The zero-order valence-electron chi connectivity index (χ0n) is 10.1. The fraction of sp³-hybridized carbons (Fsp3) is 0.154. The van der Waals surface area contributed by atoms with Gasteiger partial charge in [-0.3, -0.25) is 4.79 Å². The van der Waals surface area contributed by atoms with Gasteiger partial charge in [0.05, 0.1) is 5.69 Å². The van der Waals surface area contributed by atoms with Crippen molar-refractivity contribution < 1.29 is 0 Å². The van der Waals surface area contributed by atoms with Crippen molar-refractivity contribution in [3.63, 3.8) is 0 Å². The summed E-state index contributed by atoms with van der Waals surface area (Å²) < 4.78 is 0. The minimum atomic E-state index is -0.129. The molecule has 0 spiro atoms. The Balaban J connectivity index is 2.15. The van der Waals surface area contributed by atoms with Crippen molar-refractivity contribution in [1.82, 2.24) is 15.0 Å². The minimum Gasteiger partial charge on any atom is -0.368 e. The molecule has 0 radical (unpaired) electrons. The fourth-order valence-electron chi connectivity index (χ4n) is 1.96. The lowest BCUT2D eigenvalue weighted by molar-refractivity contribution is 1.16. The third-order valence-electron chi connectivity index (χ3n) is 2.84. The highest BCUT2D eigenvalue weighted by atomic mass is 32.2.